The summed E-state index contributed by atoms with van der Waals surface area (Å²) in [6, 6.07) is 4.40. The molecule has 1 radical (unpaired) electrons. The average Bonchev–Trinajstić information content (AvgIpc) is 3.32. The molecule has 0 aliphatic carbocycles. The first-order valence-corrected chi connectivity index (χ1v) is 8.12. The van der Waals surface area contributed by atoms with Crippen LogP contribution in [-0.4, -0.2) is 22.4 Å². The molecule has 1 aromatic heterocycles. The van der Waals surface area contributed by atoms with Crippen LogP contribution in [0.1, 0.15) is 6.42 Å². The van der Waals surface area contributed by atoms with Gasteiger partial charge in [0.1, 0.15) is 0 Å². The van der Waals surface area contributed by atoms with Gasteiger partial charge in [-0.3, -0.25) is 0 Å². The monoisotopic (exact) mass is 375 g/mol. The standard InChI is InChI=1S/C20H16N4.Cu/c1-2-14-10-16-5-6-18(23-16)12-20-8-7-19(24-20)11-17-4-3-15(22-17)9-13(1)21-14;/h1-7,9-12,20-21,24H,8H2;. The zero-order valence-corrected chi connectivity index (χ0v) is 14.3. The van der Waals surface area contributed by atoms with E-state index in [4.69, 9.17) is 0 Å². The van der Waals surface area contributed by atoms with E-state index in [0.29, 0.717) is 0 Å². The summed E-state index contributed by atoms with van der Waals surface area (Å²) in [5.74, 6) is 0. The summed E-state index contributed by atoms with van der Waals surface area (Å²) in [6.07, 6.45) is 19.8. The van der Waals surface area contributed by atoms with E-state index in [-0.39, 0.29) is 23.1 Å². The first kappa shape index (κ1) is 15.9. The van der Waals surface area contributed by atoms with Crippen molar-refractivity contribution in [2.45, 2.75) is 12.5 Å². The first-order chi connectivity index (χ1) is 11.8. The van der Waals surface area contributed by atoms with Gasteiger partial charge in [-0.25, -0.2) is 9.98 Å². The molecule has 4 aliphatic rings. The van der Waals surface area contributed by atoms with Crippen LogP contribution >= 0.6 is 0 Å². The van der Waals surface area contributed by atoms with Gasteiger partial charge in [0.25, 0.3) is 0 Å². The molecule has 8 bridgehead atoms. The summed E-state index contributed by atoms with van der Waals surface area (Å²) in [4.78, 5) is 12.7. The van der Waals surface area contributed by atoms with Crippen molar-refractivity contribution in [2.24, 2.45) is 9.98 Å². The maximum absolute atomic E-state index is 4.68. The van der Waals surface area contributed by atoms with Crippen LogP contribution in [0.2, 0.25) is 0 Å². The molecule has 0 saturated heterocycles. The Kier molecular flexibility index (Phi) is 4.04. The number of aromatic amines is 1. The van der Waals surface area contributed by atoms with Crippen LogP contribution in [-0.2, 0) is 17.1 Å². The Labute approximate surface area is 156 Å². The molecule has 4 aliphatic heterocycles. The Hall–Kier alpha value is -2.62. The maximum Gasteiger partial charge on any atom is 0.0658 e. The van der Waals surface area contributed by atoms with E-state index in [1.54, 1.807) is 0 Å². The van der Waals surface area contributed by atoms with Gasteiger partial charge in [-0.15, -0.1) is 0 Å². The van der Waals surface area contributed by atoms with Gasteiger partial charge in [0.2, 0.25) is 0 Å². The van der Waals surface area contributed by atoms with Crippen LogP contribution in [0, 0.1) is 0 Å². The Morgan fingerprint density at radius 1 is 0.840 bits per heavy atom. The SMILES string of the molecule is C1=CC2=NC1=CC1=CCC(C=C3C=CC(=N3)C=c3ccc([nH]3)=C2)N1.[Cu]. The topological polar surface area (TPSA) is 52.5 Å². The van der Waals surface area contributed by atoms with Gasteiger partial charge in [0.15, 0.2) is 0 Å². The number of hydrogen-bond acceptors (Lipinski definition) is 3. The van der Waals surface area contributed by atoms with E-state index in [1.165, 1.54) is 0 Å². The molecule has 127 valence electrons. The van der Waals surface area contributed by atoms with Crippen molar-refractivity contribution in [3.05, 3.63) is 82.5 Å². The quantitative estimate of drug-likeness (QED) is 0.665. The molecule has 4 nitrogen and oxygen atoms in total. The van der Waals surface area contributed by atoms with Crippen LogP contribution in [0.4, 0.5) is 0 Å². The third-order valence-corrected chi connectivity index (χ3v) is 4.32. The fraction of sp³-hybridized carbons (Fsp3) is 0.100. The van der Waals surface area contributed by atoms with E-state index < -0.39 is 0 Å². The van der Waals surface area contributed by atoms with Crippen molar-refractivity contribution >= 4 is 23.6 Å². The van der Waals surface area contributed by atoms with Crippen LogP contribution in [0.5, 0.6) is 0 Å². The number of rotatable bonds is 0. The Bertz CT molecular complexity index is 1060. The second-order valence-electron chi connectivity index (χ2n) is 6.20. The Morgan fingerprint density at radius 2 is 1.52 bits per heavy atom. The van der Waals surface area contributed by atoms with Crippen molar-refractivity contribution < 1.29 is 17.1 Å². The largest absolute Gasteiger partial charge is 0.379 e. The van der Waals surface area contributed by atoms with Gasteiger partial charge in [0, 0.05) is 33.5 Å². The van der Waals surface area contributed by atoms with E-state index in [9.17, 15) is 0 Å². The van der Waals surface area contributed by atoms with Crippen LogP contribution in [0.15, 0.2) is 81.7 Å². The molecule has 0 amide bonds. The minimum absolute atomic E-state index is 0. The number of allylic oxidation sites excluding steroid dienone is 5. The molecule has 5 heteroatoms. The zero-order chi connectivity index (χ0) is 15.9. The van der Waals surface area contributed by atoms with E-state index in [2.05, 4.69) is 68.9 Å². The molecule has 1 atom stereocenters. The zero-order valence-electron chi connectivity index (χ0n) is 13.3. The molecular weight excluding hydrogens is 360 g/mol. The van der Waals surface area contributed by atoms with Gasteiger partial charge in [-0.1, -0.05) is 6.08 Å². The summed E-state index contributed by atoms with van der Waals surface area (Å²) in [7, 11) is 0. The molecule has 5 heterocycles. The van der Waals surface area contributed by atoms with E-state index in [1.807, 2.05) is 18.2 Å². The van der Waals surface area contributed by atoms with E-state index in [0.717, 1.165) is 45.6 Å². The van der Waals surface area contributed by atoms with Crippen molar-refractivity contribution in [1.82, 2.24) is 10.3 Å². The van der Waals surface area contributed by atoms with Gasteiger partial charge < -0.3 is 10.3 Å². The maximum atomic E-state index is 4.68. The third kappa shape index (κ3) is 3.29. The first-order valence-electron chi connectivity index (χ1n) is 8.12. The molecule has 2 N–H and O–H groups in total. The predicted molar refractivity (Wildman–Crippen MR) is 97.9 cm³/mol. The van der Waals surface area contributed by atoms with Gasteiger partial charge in [-0.05, 0) is 67.2 Å². The number of nitrogens with zero attached hydrogens (tertiary/aromatic N) is 2. The number of H-pyrrole nitrogens is 1. The summed E-state index contributed by atoms with van der Waals surface area (Å²) >= 11 is 0. The van der Waals surface area contributed by atoms with E-state index >= 15 is 0 Å². The molecule has 5 rings (SSSR count). The van der Waals surface area contributed by atoms with Crippen LogP contribution in [0.25, 0.3) is 12.2 Å². The second kappa shape index (κ2) is 6.36. The summed E-state index contributed by atoms with van der Waals surface area (Å²) in [5, 5.41) is 5.59. The van der Waals surface area contributed by atoms with Gasteiger partial charge in [0.05, 0.1) is 28.9 Å². The summed E-state index contributed by atoms with van der Waals surface area (Å²) in [5.41, 5.74) is 5.02. The molecule has 0 aromatic carbocycles. The third-order valence-electron chi connectivity index (χ3n) is 4.32. The normalized spacial score (nSPS) is 22.6. The van der Waals surface area contributed by atoms with Crippen molar-refractivity contribution in [2.75, 3.05) is 0 Å². The number of fused-ring (bicyclic) bond motifs is 6. The number of aliphatic imine (C=N–C) groups is 2. The van der Waals surface area contributed by atoms with Gasteiger partial charge >= 0.3 is 0 Å². The summed E-state index contributed by atoms with van der Waals surface area (Å²) < 4.78 is 0. The number of aromatic nitrogens is 1. The smallest absolute Gasteiger partial charge is 0.0658 e. The number of hydrogen-bond donors (Lipinski definition) is 2. The predicted octanol–water partition coefficient (Wildman–Crippen LogP) is 1.62. The van der Waals surface area contributed by atoms with Crippen LogP contribution < -0.4 is 16.0 Å². The molecule has 0 fully saturated rings. The molecular formula is C20H16CuN4. The minimum Gasteiger partial charge on any atom is -0.379 e. The van der Waals surface area contributed by atoms with Gasteiger partial charge in [-0.2, -0.15) is 0 Å². The minimum atomic E-state index is 0. The molecule has 1 unspecified atom stereocenters. The summed E-state index contributed by atoms with van der Waals surface area (Å²) in [6.45, 7) is 0. The second-order valence-corrected chi connectivity index (χ2v) is 6.20. The fourth-order valence-corrected chi connectivity index (χ4v) is 3.20. The average molecular weight is 376 g/mol. The molecule has 1 aromatic rings. The van der Waals surface area contributed by atoms with Crippen LogP contribution in [0.3, 0.4) is 0 Å². The Balaban J connectivity index is 0.00000157. The molecule has 0 saturated carbocycles. The fourth-order valence-electron chi connectivity index (χ4n) is 3.20. The Morgan fingerprint density at radius 3 is 2.28 bits per heavy atom. The van der Waals surface area contributed by atoms with Crippen molar-refractivity contribution in [3.63, 3.8) is 0 Å². The van der Waals surface area contributed by atoms with Crippen molar-refractivity contribution in [1.29, 1.82) is 0 Å². The number of nitrogens with one attached hydrogen (secondary N) is 2. The molecule has 0 spiro atoms. The molecule has 25 heavy (non-hydrogen) atoms. The van der Waals surface area contributed by atoms with Crippen molar-refractivity contribution in [3.8, 4) is 0 Å².